The smallest absolute Gasteiger partial charge is 0.328 e. The highest BCUT2D eigenvalue weighted by atomic mass is 32.2. The summed E-state index contributed by atoms with van der Waals surface area (Å²) < 4.78 is 9.95. The molecule has 2 rings (SSSR count). The van der Waals surface area contributed by atoms with Crippen LogP contribution in [0.25, 0.3) is 11.0 Å². The number of methoxy groups -OCH3 is 1. The molecule has 1 amide bonds. The van der Waals surface area contributed by atoms with Gasteiger partial charge < -0.3 is 14.6 Å². The first-order chi connectivity index (χ1) is 11.0. The van der Waals surface area contributed by atoms with Crippen LogP contribution in [0.2, 0.25) is 0 Å². The van der Waals surface area contributed by atoms with Crippen molar-refractivity contribution in [2.75, 3.05) is 19.1 Å². The van der Waals surface area contributed by atoms with E-state index in [1.807, 2.05) is 31.4 Å². The number of fused-ring (bicyclic) bond motifs is 1. The topological polar surface area (TPSA) is 81.4 Å². The number of nitrogens with zero attached hydrogens (tertiary/aromatic N) is 1. The van der Waals surface area contributed by atoms with E-state index < -0.39 is 12.0 Å². The minimum absolute atomic E-state index is 0.0587. The first kappa shape index (κ1) is 17.3. The summed E-state index contributed by atoms with van der Waals surface area (Å²) in [6, 6.07) is 5.04. The predicted octanol–water partition coefficient (Wildman–Crippen LogP) is 2.09. The molecule has 0 aliphatic rings. The van der Waals surface area contributed by atoms with E-state index in [1.165, 1.54) is 7.11 Å². The monoisotopic (exact) mass is 336 g/mol. The Balaban J connectivity index is 2.07. The number of thioether (sulfide) groups is 1. The summed E-state index contributed by atoms with van der Waals surface area (Å²) in [5.41, 5.74) is 2.27. The van der Waals surface area contributed by atoms with Crippen molar-refractivity contribution in [3.8, 4) is 0 Å². The Morgan fingerprint density at radius 2 is 2.22 bits per heavy atom. The molecule has 1 aromatic carbocycles. The fourth-order valence-electron chi connectivity index (χ4n) is 2.25. The molecule has 0 saturated carbocycles. The standard InChI is InChI=1S/C16H20N2O4S/c1-10-4-5-14-11(8-10)13(18-22-14)9-15(19)17-12(6-7-23-3)16(20)21-2/h4-5,8,12H,6-7,9H2,1-3H3,(H,17,19). The van der Waals surface area contributed by atoms with E-state index in [1.54, 1.807) is 11.8 Å². The van der Waals surface area contributed by atoms with E-state index in [9.17, 15) is 9.59 Å². The molecule has 0 aliphatic carbocycles. The highest BCUT2D eigenvalue weighted by Crippen LogP contribution is 2.20. The Kier molecular flexibility index (Phi) is 6.04. The highest BCUT2D eigenvalue weighted by molar-refractivity contribution is 7.98. The van der Waals surface area contributed by atoms with E-state index in [0.29, 0.717) is 17.7 Å². The number of rotatable bonds is 7. The summed E-state index contributed by atoms with van der Waals surface area (Å²) in [5.74, 6) is 0.0398. The van der Waals surface area contributed by atoms with Crippen molar-refractivity contribution in [1.82, 2.24) is 10.5 Å². The largest absolute Gasteiger partial charge is 0.467 e. The SMILES string of the molecule is COC(=O)C(CCSC)NC(=O)Cc1noc2ccc(C)cc12. The van der Waals surface area contributed by atoms with Crippen molar-refractivity contribution in [3.63, 3.8) is 0 Å². The average molecular weight is 336 g/mol. The molecule has 0 fully saturated rings. The van der Waals surface area contributed by atoms with Gasteiger partial charge in [-0.15, -0.1) is 0 Å². The lowest BCUT2D eigenvalue weighted by atomic mass is 10.1. The second-order valence-electron chi connectivity index (χ2n) is 5.23. The molecular weight excluding hydrogens is 316 g/mol. The Bertz CT molecular complexity index is 698. The third kappa shape index (κ3) is 4.48. The quantitative estimate of drug-likeness (QED) is 0.780. The van der Waals surface area contributed by atoms with Gasteiger partial charge in [0.05, 0.1) is 13.5 Å². The van der Waals surface area contributed by atoms with Crippen molar-refractivity contribution in [2.24, 2.45) is 0 Å². The first-order valence-corrected chi connectivity index (χ1v) is 8.65. The van der Waals surface area contributed by atoms with Crippen molar-refractivity contribution < 1.29 is 18.8 Å². The van der Waals surface area contributed by atoms with Gasteiger partial charge in [0.15, 0.2) is 5.58 Å². The van der Waals surface area contributed by atoms with Crippen LogP contribution in [0.4, 0.5) is 0 Å². The molecule has 124 valence electrons. The minimum atomic E-state index is -0.639. The average Bonchev–Trinajstić information content (AvgIpc) is 2.92. The zero-order valence-electron chi connectivity index (χ0n) is 13.4. The normalized spacial score (nSPS) is 12.1. The second-order valence-corrected chi connectivity index (χ2v) is 6.22. The van der Waals surface area contributed by atoms with Gasteiger partial charge in [-0.05, 0) is 37.5 Å². The Labute approximate surface area is 138 Å². The summed E-state index contributed by atoms with van der Waals surface area (Å²) in [6.45, 7) is 1.96. The molecule has 1 N–H and O–H groups in total. The molecule has 1 unspecified atom stereocenters. The van der Waals surface area contributed by atoms with Crippen molar-refractivity contribution in [2.45, 2.75) is 25.8 Å². The van der Waals surface area contributed by atoms with Gasteiger partial charge in [-0.3, -0.25) is 4.79 Å². The van der Waals surface area contributed by atoms with E-state index in [4.69, 9.17) is 9.26 Å². The summed E-state index contributed by atoms with van der Waals surface area (Å²) in [6.07, 6.45) is 2.53. The molecule has 0 saturated heterocycles. The fourth-order valence-corrected chi connectivity index (χ4v) is 2.73. The number of ether oxygens (including phenoxy) is 1. The maximum atomic E-state index is 12.2. The lowest BCUT2D eigenvalue weighted by molar-refractivity contribution is -0.145. The molecular formula is C16H20N2O4S. The number of aromatic nitrogens is 1. The number of hydrogen-bond donors (Lipinski definition) is 1. The number of carbonyl (C=O) groups excluding carboxylic acids is 2. The van der Waals surface area contributed by atoms with Crippen LogP contribution in [-0.2, 0) is 20.7 Å². The lowest BCUT2D eigenvalue weighted by Gasteiger charge is -2.15. The predicted molar refractivity (Wildman–Crippen MR) is 89.4 cm³/mol. The number of hydrogen-bond acceptors (Lipinski definition) is 6. The lowest BCUT2D eigenvalue weighted by Crippen LogP contribution is -2.42. The van der Waals surface area contributed by atoms with Crippen LogP contribution < -0.4 is 5.32 Å². The number of nitrogens with one attached hydrogen (secondary N) is 1. The zero-order chi connectivity index (χ0) is 16.8. The second kappa shape index (κ2) is 8.01. The molecule has 0 bridgehead atoms. The van der Waals surface area contributed by atoms with Crippen molar-refractivity contribution in [1.29, 1.82) is 0 Å². The first-order valence-electron chi connectivity index (χ1n) is 7.26. The summed E-state index contributed by atoms with van der Waals surface area (Å²) in [5, 5.41) is 7.48. The van der Waals surface area contributed by atoms with E-state index in [0.717, 1.165) is 16.7 Å². The molecule has 6 nitrogen and oxygen atoms in total. The molecule has 0 aliphatic heterocycles. The van der Waals surface area contributed by atoms with E-state index in [-0.39, 0.29) is 12.3 Å². The van der Waals surface area contributed by atoms with Crippen LogP contribution >= 0.6 is 11.8 Å². The van der Waals surface area contributed by atoms with Gasteiger partial charge in [-0.2, -0.15) is 11.8 Å². The Morgan fingerprint density at radius 1 is 1.43 bits per heavy atom. The van der Waals surface area contributed by atoms with Gasteiger partial charge in [0, 0.05) is 5.39 Å². The molecule has 1 aromatic heterocycles. The van der Waals surface area contributed by atoms with Gasteiger partial charge in [-0.25, -0.2) is 4.79 Å². The minimum Gasteiger partial charge on any atom is -0.467 e. The van der Waals surface area contributed by atoms with Gasteiger partial charge in [0.2, 0.25) is 5.91 Å². The highest BCUT2D eigenvalue weighted by Gasteiger charge is 2.22. The molecule has 7 heteroatoms. The van der Waals surface area contributed by atoms with E-state index in [2.05, 4.69) is 10.5 Å². The summed E-state index contributed by atoms with van der Waals surface area (Å²) in [7, 11) is 1.31. The Morgan fingerprint density at radius 3 is 2.91 bits per heavy atom. The van der Waals surface area contributed by atoms with Crippen molar-refractivity contribution >= 4 is 34.6 Å². The fraction of sp³-hybridized carbons (Fsp3) is 0.438. The third-order valence-electron chi connectivity index (χ3n) is 3.46. The van der Waals surface area contributed by atoms with Crippen LogP contribution in [0.15, 0.2) is 22.7 Å². The molecule has 0 radical (unpaired) electrons. The summed E-state index contributed by atoms with van der Waals surface area (Å²) in [4.78, 5) is 24.0. The third-order valence-corrected chi connectivity index (χ3v) is 4.10. The summed E-state index contributed by atoms with van der Waals surface area (Å²) >= 11 is 1.61. The van der Waals surface area contributed by atoms with Crippen LogP contribution in [0.1, 0.15) is 17.7 Å². The molecule has 23 heavy (non-hydrogen) atoms. The number of amides is 1. The van der Waals surface area contributed by atoms with Crippen LogP contribution in [0.5, 0.6) is 0 Å². The van der Waals surface area contributed by atoms with Crippen LogP contribution in [0.3, 0.4) is 0 Å². The number of carbonyl (C=O) groups is 2. The molecule has 1 atom stereocenters. The van der Waals surface area contributed by atoms with Gasteiger partial charge in [-0.1, -0.05) is 16.8 Å². The van der Waals surface area contributed by atoms with Gasteiger partial charge in [0.25, 0.3) is 0 Å². The van der Waals surface area contributed by atoms with Gasteiger partial charge >= 0.3 is 5.97 Å². The zero-order valence-corrected chi connectivity index (χ0v) is 14.2. The number of aryl methyl sites for hydroxylation is 1. The van der Waals surface area contributed by atoms with E-state index >= 15 is 0 Å². The molecule has 1 heterocycles. The van der Waals surface area contributed by atoms with Crippen LogP contribution in [-0.4, -0.2) is 42.2 Å². The van der Waals surface area contributed by atoms with Crippen molar-refractivity contribution in [3.05, 3.63) is 29.5 Å². The molecule has 2 aromatic rings. The Hall–Kier alpha value is -2.02. The number of esters is 1. The number of benzene rings is 1. The molecule has 0 spiro atoms. The maximum absolute atomic E-state index is 12.2. The maximum Gasteiger partial charge on any atom is 0.328 e. The van der Waals surface area contributed by atoms with Crippen LogP contribution in [0, 0.1) is 6.92 Å². The van der Waals surface area contributed by atoms with Gasteiger partial charge in [0.1, 0.15) is 11.7 Å².